The number of carbonyl (C=O) groups is 2. The van der Waals surface area contributed by atoms with Crippen molar-refractivity contribution in [3.05, 3.63) is 60.0 Å². The van der Waals surface area contributed by atoms with Crippen LogP contribution in [0.1, 0.15) is 41.6 Å². The van der Waals surface area contributed by atoms with E-state index in [1.165, 1.54) is 12.7 Å². The highest BCUT2D eigenvalue weighted by molar-refractivity contribution is 5.96. The number of rotatable bonds is 6. The molecule has 0 aliphatic heterocycles. The lowest BCUT2D eigenvalue weighted by Crippen LogP contribution is -2.38. The molecule has 156 valence electrons. The molecule has 1 aliphatic carbocycles. The fourth-order valence-corrected chi connectivity index (χ4v) is 4.04. The summed E-state index contributed by atoms with van der Waals surface area (Å²) in [4.78, 5) is 33.2. The van der Waals surface area contributed by atoms with Gasteiger partial charge in [0.25, 0.3) is 5.91 Å². The smallest absolute Gasteiger partial charge is 0.308 e. The summed E-state index contributed by atoms with van der Waals surface area (Å²) in [6, 6.07) is 12.1. The van der Waals surface area contributed by atoms with E-state index in [2.05, 4.69) is 27.4 Å². The number of esters is 1. The first-order valence-corrected chi connectivity index (χ1v) is 10.4. The normalized spacial score (nSPS) is 18.8. The van der Waals surface area contributed by atoms with Crippen molar-refractivity contribution in [3.63, 3.8) is 0 Å². The molecule has 1 amide bonds. The third-order valence-corrected chi connectivity index (χ3v) is 5.80. The Morgan fingerprint density at radius 1 is 1.13 bits per heavy atom. The number of imidazole rings is 1. The van der Waals surface area contributed by atoms with Crippen LogP contribution in [0.2, 0.25) is 0 Å². The maximum Gasteiger partial charge on any atom is 0.308 e. The molecule has 0 spiro atoms. The molecule has 1 N–H and O–H groups in total. The molecule has 1 aromatic carbocycles. The number of pyridine rings is 1. The fraction of sp³-hybridized carbons (Fsp3) is 0.391. The summed E-state index contributed by atoms with van der Waals surface area (Å²) >= 11 is 0. The Bertz CT molecular complexity index is 1020. The summed E-state index contributed by atoms with van der Waals surface area (Å²) in [5.41, 5.74) is 3.26. The fourth-order valence-electron chi connectivity index (χ4n) is 4.04. The maximum absolute atomic E-state index is 12.7. The summed E-state index contributed by atoms with van der Waals surface area (Å²) in [5.74, 6) is -0.358. The van der Waals surface area contributed by atoms with Crippen LogP contribution >= 0.6 is 0 Å². The lowest BCUT2D eigenvalue weighted by atomic mass is 9.86. The summed E-state index contributed by atoms with van der Waals surface area (Å²) in [6.07, 6.45) is 7.30. The van der Waals surface area contributed by atoms with Gasteiger partial charge in [0, 0.05) is 18.8 Å². The van der Waals surface area contributed by atoms with Crippen LogP contribution in [-0.4, -0.2) is 39.6 Å². The van der Waals surface area contributed by atoms with Gasteiger partial charge in [0.1, 0.15) is 5.52 Å². The van der Waals surface area contributed by atoms with Crippen LogP contribution in [0.15, 0.2) is 48.9 Å². The maximum atomic E-state index is 12.7. The van der Waals surface area contributed by atoms with Gasteiger partial charge in [-0.1, -0.05) is 30.3 Å². The van der Waals surface area contributed by atoms with Gasteiger partial charge in [0.2, 0.25) is 0 Å². The van der Waals surface area contributed by atoms with E-state index >= 15 is 0 Å². The zero-order chi connectivity index (χ0) is 20.9. The Balaban J connectivity index is 1.37. The van der Waals surface area contributed by atoms with Gasteiger partial charge in [0.05, 0.1) is 24.9 Å². The minimum absolute atomic E-state index is 0.0546. The van der Waals surface area contributed by atoms with Gasteiger partial charge in [-0.3, -0.25) is 9.59 Å². The molecule has 4 rings (SSSR count). The molecular formula is C23H26N4O3. The van der Waals surface area contributed by atoms with Gasteiger partial charge in [-0.25, -0.2) is 9.97 Å². The van der Waals surface area contributed by atoms with E-state index in [4.69, 9.17) is 4.74 Å². The summed E-state index contributed by atoms with van der Waals surface area (Å²) in [6.45, 7) is 0.780. The molecule has 0 radical (unpaired) electrons. The Hall–Kier alpha value is -3.22. The summed E-state index contributed by atoms with van der Waals surface area (Å²) < 4.78 is 6.83. The molecule has 1 aliphatic rings. The number of hydrogen-bond acceptors (Lipinski definition) is 5. The van der Waals surface area contributed by atoms with Crippen molar-refractivity contribution >= 4 is 23.0 Å². The topological polar surface area (TPSA) is 86.1 Å². The van der Waals surface area contributed by atoms with Crippen LogP contribution in [0, 0.1) is 5.92 Å². The van der Waals surface area contributed by atoms with Gasteiger partial charge in [-0.2, -0.15) is 0 Å². The number of nitrogens with one attached hydrogen (secondary N) is 1. The predicted octanol–water partition coefficient (Wildman–Crippen LogP) is 3.14. The number of aromatic nitrogens is 3. The highest BCUT2D eigenvalue weighted by atomic mass is 16.5. The number of nitrogens with zero attached hydrogens (tertiary/aromatic N) is 3. The van der Waals surface area contributed by atoms with Crippen LogP contribution in [-0.2, 0) is 22.5 Å². The zero-order valence-electron chi connectivity index (χ0n) is 17.1. The quantitative estimate of drug-likeness (QED) is 0.636. The van der Waals surface area contributed by atoms with E-state index in [1.807, 2.05) is 22.8 Å². The van der Waals surface area contributed by atoms with E-state index < -0.39 is 0 Å². The minimum atomic E-state index is -0.155. The van der Waals surface area contributed by atoms with Crippen molar-refractivity contribution < 1.29 is 14.3 Å². The molecule has 1 saturated carbocycles. The van der Waals surface area contributed by atoms with Gasteiger partial charge in [-0.15, -0.1) is 0 Å². The third kappa shape index (κ3) is 4.50. The average molecular weight is 406 g/mol. The van der Waals surface area contributed by atoms with E-state index in [1.54, 1.807) is 18.6 Å². The number of ether oxygens (including phenoxy) is 1. The standard InChI is InChI=1S/C23H26N4O3/c1-30-23(29)17-7-9-19(10-8-17)26-22(28)18-13-20-21(24-14-18)27(15-25-20)12-11-16-5-3-2-4-6-16/h2-6,13-15,17,19H,7-12H2,1H3,(H,26,28). The lowest BCUT2D eigenvalue weighted by Gasteiger charge is -2.27. The molecule has 30 heavy (non-hydrogen) atoms. The van der Waals surface area contributed by atoms with Gasteiger partial charge in [-0.05, 0) is 43.7 Å². The molecule has 2 heterocycles. The molecule has 7 nitrogen and oxygen atoms in total. The summed E-state index contributed by atoms with van der Waals surface area (Å²) in [7, 11) is 1.42. The second kappa shape index (κ2) is 9.07. The molecule has 3 aromatic rings. The number of amides is 1. The lowest BCUT2D eigenvalue weighted by molar-refractivity contribution is -0.146. The molecule has 0 bridgehead atoms. The second-order valence-corrected chi connectivity index (χ2v) is 7.79. The van der Waals surface area contributed by atoms with Crippen LogP contribution in [0.25, 0.3) is 11.2 Å². The van der Waals surface area contributed by atoms with Crippen LogP contribution in [0.3, 0.4) is 0 Å². The van der Waals surface area contributed by atoms with E-state index in [9.17, 15) is 9.59 Å². The molecule has 0 atom stereocenters. The number of benzene rings is 1. The first-order chi connectivity index (χ1) is 14.6. The minimum Gasteiger partial charge on any atom is -0.469 e. The largest absolute Gasteiger partial charge is 0.469 e. The second-order valence-electron chi connectivity index (χ2n) is 7.79. The van der Waals surface area contributed by atoms with E-state index in [-0.39, 0.29) is 23.8 Å². The Morgan fingerprint density at radius 3 is 2.63 bits per heavy atom. The average Bonchev–Trinajstić information content (AvgIpc) is 3.20. The number of carbonyl (C=O) groups excluding carboxylic acids is 2. The molecular weight excluding hydrogens is 380 g/mol. The van der Waals surface area contributed by atoms with Crippen molar-refractivity contribution in [2.75, 3.05) is 7.11 Å². The monoisotopic (exact) mass is 406 g/mol. The number of fused-ring (bicyclic) bond motifs is 1. The highest BCUT2D eigenvalue weighted by Gasteiger charge is 2.28. The Kier molecular flexibility index (Phi) is 6.07. The first kappa shape index (κ1) is 20.1. The molecule has 0 unspecified atom stereocenters. The molecule has 1 fully saturated rings. The Morgan fingerprint density at radius 2 is 1.90 bits per heavy atom. The van der Waals surface area contributed by atoms with Gasteiger partial charge in [0.15, 0.2) is 5.65 Å². The van der Waals surface area contributed by atoms with Crippen LogP contribution in [0.5, 0.6) is 0 Å². The van der Waals surface area contributed by atoms with Gasteiger partial charge >= 0.3 is 5.97 Å². The van der Waals surface area contributed by atoms with Crippen LogP contribution < -0.4 is 5.32 Å². The summed E-state index contributed by atoms with van der Waals surface area (Å²) in [5, 5.41) is 3.07. The predicted molar refractivity (Wildman–Crippen MR) is 113 cm³/mol. The van der Waals surface area contributed by atoms with Gasteiger partial charge < -0.3 is 14.6 Å². The van der Waals surface area contributed by atoms with Crippen molar-refractivity contribution in [1.29, 1.82) is 0 Å². The number of aryl methyl sites for hydroxylation is 2. The number of hydrogen-bond donors (Lipinski definition) is 1. The highest BCUT2D eigenvalue weighted by Crippen LogP contribution is 2.25. The molecule has 0 saturated heterocycles. The SMILES string of the molecule is COC(=O)C1CCC(NC(=O)c2cnc3c(c2)ncn3CCc2ccccc2)CC1. The van der Waals surface area contributed by atoms with Crippen molar-refractivity contribution in [2.24, 2.45) is 5.92 Å². The van der Waals surface area contributed by atoms with E-state index in [0.717, 1.165) is 44.3 Å². The van der Waals surface area contributed by atoms with Crippen molar-refractivity contribution in [3.8, 4) is 0 Å². The molecule has 7 heteroatoms. The molecule has 2 aromatic heterocycles. The van der Waals surface area contributed by atoms with Crippen molar-refractivity contribution in [2.45, 2.75) is 44.7 Å². The zero-order valence-corrected chi connectivity index (χ0v) is 17.1. The third-order valence-electron chi connectivity index (χ3n) is 5.80. The number of methoxy groups -OCH3 is 1. The Labute approximate surface area is 175 Å². The van der Waals surface area contributed by atoms with Crippen LogP contribution in [0.4, 0.5) is 0 Å². The van der Waals surface area contributed by atoms with Crippen molar-refractivity contribution in [1.82, 2.24) is 19.9 Å². The van der Waals surface area contributed by atoms with E-state index in [0.29, 0.717) is 11.1 Å². The first-order valence-electron chi connectivity index (χ1n) is 10.4.